The van der Waals surface area contributed by atoms with Crippen LogP contribution in [-0.2, 0) is 77.5 Å². The quantitative estimate of drug-likeness (QED) is 0.0690. The third-order valence-electron chi connectivity index (χ3n) is 11.9. The van der Waals surface area contributed by atoms with E-state index in [-0.39, 0.29) is 46.1 Å². The Morgan fingerprint density at radius 3 is 0.831 bits per heavy atom. The normalized spacial score (nSPS) is 25.6. The molecule has 8 rings (SSSR count). The zero-order valence-electron chi connectivity index (χ0n) is 36.6. The van der Waals surface area contributed by atoms with Crippen molar-refractivity contribution in [2.45, 2.75) is 107 Å². The summed E-state index contributed by atoms with van der Waals surface area (Å²) in [6.45, 7) is 2.03. The van der Waals surface area contributed by atoms with Crippen LogP contribution in [0.15, 0.2) is 182 Å². The van der Waals surface area contributed by atoms with Gasteiger partial charge in [0.05, 0.1) is 65.1 Å². The van der Waals surface area contributed by atoms with Crippen molar-refractivity contribution in [2.75, 3.05) is 13.2 Å². The first-order valence-electron chi connectivity index (χ1n) is 22.6. The molecule has 0 saturated carbocycles. The molecule has 2 saturated heterocycles. The van der Waals surface area contributed by atoms with E-state index >= 15 is 0 Å². The highest BCUT2D eigenvalue weighted by atomic mass is 16.6. The van der Waals surface area contributed by atoms with Gasteiger partial charge in [-0.1, -0.05) is 182 Å². The first-order chi connectivity index (χ1) is 32.1. The molecular formula is C55H60O10. The van der Waals surface area contributed by atoms with Crippen LogP contribution in [0.3, 0.4) is 0 Å². The SMILES string of the molecule is O[C@@H]1[C@@H](OCc2ccccc2)[C@H](OCc2ccccc2)[C@@H](COCc2ccccc2)O[C@H]1C[C@@H]1O[C@H](COCc2ccccc2)[C@@H](OCc2ccccc2)[C@H](OCc2ccccc2)[C@H]1O. The van der Waals surface area contributed by atoms with Gasteiger partial charge in [0.15, 0.2) is 0 Å². The summed E-state index contributed by atoms with van der Waals surface area (Å²) in [6, 6.07) is 59.4. The van der Waals surface area contributed by atoms with Gasteiger partial charge < -0.3 is 48.1 Å². The van der Waals surface area contributed by atoms with Crippen LogP contribution >= 0.6 is 0 Å². The van der Waals surface area contributed by atoms with Crippen molar-refractivity contribution in [3.05, 3.63) is 215 Å². The molecule has 0 unspecified atom stereocenters. The van der Waals surface area contributed by atoms with Gasteiger partial charge in [-0.3, -0.25) is 0 Å². The summed E-state index contributed by atoms with van der Waals surface area (Å²) in [4.78, 5) is 0. The van der Waals surface area contributed by atoms with Crippen molar-refractivity contribution in [3.8, 4) is 0 Å². The maximum Gasteiger partial charge on any atom is 0.115 e. The highest BCUT2D eigenvalue weighted by molar-refractivity contribution is 5.18. The van der Waals surface area contributed by atoms with Crippen LogP contribution in [0.4, 0.5) is 0 Å². The predicted molar refractivity (Wildman–Crippen MR) is 246 cm³/mol. The first-order valence-corrected chi connectivity index (χ1v) is 22.6. The highest BCUT2D eigenvalue weighted by Gasteiger charge is 2.52. The Hall–Kier alpha value is -5.08. The maximum atomic E-state index is 12.4. The molecule has 65 heavy (non-hydrogen) atoms. The van der Waals surface area contributed by atoms with Crippen LogP contribution in [0.25, 0.3) is 0 Å². The van der Waals surface area contributed by atoms with E-state index in [2.05, 4.69) is 0 Å². The van der Waals surface area contributed by atoms with Gasteiger partial charge in [0.25, 0.3) is 0 Å². The summed E-state index contributed by atoms with van der Waals surface area (Å²) < 4.78 is 53.0. The van der Waals surface area contributed by atoms with E-state index in [4.69, 9.17) is 37.9 Å². The number of hydrogen-bond acceptors (Lipinski definition) is 10. The monoisotopic (exact) mass is 880 g/mol. The molecule has 10 nitrogen and oxygen atoms in total. The lowest BCUT2D eigenvalue weighted by Crippen LogP contribution is -2.64. The Bertz CT molecular complexity index is 2040. The Morgan fingerprint density at radius 1 is 0.308 bits per heavy atom. The van der Waals surface area contributed by atoms with Gasteiger partial charge in [0, 0.05) is 6.42 Å². The van der Waals surface area contributed by atoms with E-state index in [1.54, 1.807) is 0 Å². The van der Waals surface area contributed by atoms with E-state index < -0.39 is 61.0 Å². The molecule has 10 atom stereocenters. The molecule has 0 radical (unpaired) electrons. The second-order valence-electron chi connectivity index (χ2n) is 16.7. The Kier molecular flexibility index (Phi) is 17.5. The number of aliphatic hydroxyl groups excluding tert-OH is 2. The average molecular weight is 881 g/mol. The molecule has 2 fully saturated rings. The molecule has 10 heteroatoms. The van der Waals surface area contributed by atoms with Gasteiger partial charge in [-0.25, -0.2) is 0 Å². The first kappa shape index (κ1) is 46.4. The van der Waals surface area contributed by atoms with Gasteiger partial charge >= 0.3 is 0 Å². The highest BCUT2D eigenvalue weighted by Crippen LogP contribution is 2.35. The van der Waals surface area contributed by atoms with Crippen LogP contribution in [0.1, 0.15) is 39.8 Å². The number of ether oxygens (including phenoxy) is 8. The number of rotatable bonds is 22. The van der Waals surface area contributed by atoms with E-state index in [1.165, 1.54) is 0 Å². The number of benzene rings is 6. The minimum Gasteiger partial charge on any atom is -0.388 e. The number of aliphatic hydroxyl groups is 2. The van der Waals surface area contributed by atoms with Crippen molar-refractivity contribution >= 4 is 0 Å². The number of hydrogen-bond donors (Lipinski definition) is 2. The van der Waals surface area contributed by atoms with E-state index in [1.807, 2.05) is 182 Å². The summed E-state index contributed by atoms with van der Waals surface area (Å²) in [5.41, 5.74) is 5.88. The Morgan fingerprint density at radius 2 is 0.554 bits per heavy atom. The fourth-order valence-electron chi connectivity index (χ4n) is 8.48. The lowest BCUT2D eigenvalue weighted by molar-refractivity contribution is -0.288. The van der Waals surface area contributed by atoms with Gasteiger partial charge in [0.2, 0.25) is 0 Å². The summed E-state index contributed by atoms with van der Waals surface area (Å²) in [7, 11) is 0. The smallest absolute Gasteiger partial charge is 0.115 e. The van der Waals surface area contributed by atoms with Crippen molar-refractivity contribution in [2.24, 2.45) is 0 Å². The maximum absolute atomic E-state index is 12.4. The van der Waals surface area contributed by atoms with E-state index in [0.717, 1.165) is 33.4 Å². The third kappa shape index (κ3) is 13.5. The van der Waals surface area contributed by atoms with Crippen LogP contribution in [0.5, 0.6) is 0 Å². The zero-order chi connectivity index (χ0) is 44.5. The van der Waals surface area contributed by atoms with Crippen molar-refractivity contribution in [1.82, 2.24) is 0 Å². The molecule has 0 spiro atoms. The Labute approximate surface area is 382 Å². The van der Waals surface area contributed by atoms with Gasteiger partial charge in [-0.2, -0.15) is 0 Å². The minimum atomic E-state index is -1.18. The second kappa shape index (κ2) is 24.4. The molecule has 2 heterocycles. The van der Waals surface area contributed by atoms with Crippen molar-refractivity contribution in [1.29, 1.82) is 0 Å². The molecule has 0 aromatic heterocycles. The molecule has 0 amide bonds. The molecule has 6 aromatic carbocycles. The summed E-state index contributed by atoms with van der Waals surface area (Å²) in [5, 5.41) is 24.9. The lowest BCUT2D eigenvalue weighted by Gasteiger charge is -2.48. The van der Waals surface area contributed by atoms with Crippen LogP contribution in [-0.4, -0.2) is 84.5 Å². The molecule has 6 aromatic rings. The second-order valence-corrected chi connectivity index (χ2v) is 16.7. The van der Waals surface area contributed by atoms with E-state index in [0.29, 0.717) is 13.2 Å². The minimum absolute atomic E-state index is 0.0971. The fraction of sp³-hybridized carbons (Fsp3) is 0.345. The molecule has 340 valence electrons. The summed E-state index contributed by atoms with van der Waals surface area (Å²) >= 11 is 0. The van der Waals surface area contributed by atoms with Gasteiger partial charge in [-0.15, -0.1) is 0 Å². The molecular weight excluding hydrogens is 821 g/mol. The molecule has 0 aliphatic carbocycles. The third-order valence-corrected chi connectivity index (χ3v) is 11.9. The van der Waals surface area contributed by atoms with E-state index in [9.17, 15) is 10.2 Å². The lowest BCUT2D eigenvalue weighted by atomic mass is 9.87. The Balaban J connectivity index is 1.07. The molecule has 2 aliphatic heterocycles. The van der Waals surface area contributed by atoms with Crippen LogP contribution in [0.2, 0.25) is 0 Å². The largest absolute Gasteiger partial charge is 0.388 e. The van der Waals surface area contributed by atoms with Crippen molar-refractivity contribution in [3.63, 3.8) is 0 Å². The topological polar surface area (TPSA) is 114 Å². The molecule has 2 aliphatic rings. The summed E-state index contributed by atoms with van der Waals surface area (Å²) in [6.07, 6.45) is -8.39. The van der Waals surface area contributed by atoms with Gasteiger partial charge in [0.1, 0.15) is 48.8 Å². The summed E-state index contributed by atoms with van der Waals surface area (Å²) in [5.74, 6) is 0. The fourth-order valence-corrected chi connectivity index (χ4v) is 8.48. The standard InChI is InChI=1S/C55H60O10/c56-50-46(64-48(38-58-32-40-19-7-1-8-20-40)52(60-34-42-23-11-3-12-24-42)54(50)62-36-44-27-15-5-16-28-44)31-47-51(57)55(63-37-45-29-17-6-18-30-45)53(61-35-43-25-13-4-14-26-43)49(65-47)39-59-33-41-21-9-2-10-22-41/h1-30,46-57H,31-39H2/t46-,47-,48+,49+,50-,51-,52+,53+,54+,55+/m0/s1. The van der Waals surface area contributed by atoms with Crippen molar-refractivity contribution < 1.29 is 48.1 Å². The van der Waals surface area contributed by atoms with Crippen LogP contribution < -0.4 is 0 Å². The molecule has 0 bridgehead atoms. The average Bonchev–Trinajstić information content (AvgIpc) is 3.36. The predicted octanol–water partition coefficient (Wildman–Crippen LogP) is 8.41. The zero-order valence-corrected chi connectivity index (χ0v) is 36.6. The van der Waals surface area contributed by atoms with Crippen LogP contribution in [0, 0.1) is 0 Å². The molecule has 2 N–H and O–H groups in total. The van der Waals surface area contributed by atoms with Gasteiger partial charge in [-0.05, 0) is 33.4 Å².